The summed E-state index contributed by atoms with van der Waals surface area (Å²) in [4.78, 5) is 15.2. The van der Waals surface area contributed by atoms with Crippen LogP contribution in [0.4, 0.5) is 5.69 Å². The molecule has 4 aromatic rings. The first-order valence-electron chi connectivity index (χ1n) is 8.15. The number of benzene rings is 3. The van der Waals surface area contributed by atoms with Gasteiger partial charge in [-0.3, -0.25) is 9.79 Å². The van der Waals surface area contributed by atoms with E-state index in [0.717, 1.165) is 33.2 Å². The van der Waals surface area contributed by atoms with Crippen molar-refractivity contribution in [3.8, 4) is 5.75 Å². The second-order valence-electron chi connectivity index (χ2n) is 5.86. The van der Waals surface area contributed by atoms with E-state index in [1.54, 1.807) is 18.3 Å². The molecule has 1 heterocycles. The molecule has 4 rings (SSSR count). The molecule has 128 valence electrons. The number of ether oxygens (including phenoxy) is 1. The summed E-state index contributed by atoms with van der Waals surface area (Å²) >= 11 is 0. The molecular weight excluding hydrogens is 328 g/mol. The third-order valence-corrected chi connectivity index (χ3v) is 3.99. The fraction of sp³-hybridized carbons (Fsp3) is 0.0476. The van der Waals surface area contributed by atoms with Crippen molar-refractivity contribution in [3.63, 3.8) is 0 Å². The van der Waals surface area contributed by atoms with E-state index in [1.165, 1.54) is 0 Å². The fourth-order valence-corrected chi connectivity index (χ4v) is 2.75. The van der Waals surface area contributed by atoms with Crippen molar-refractivity contribution in [2.24, 2.45) is 10.7 Å². The van der Waals surface area contributed by atoms with Crippen molar-refractivity contribution in [2.45, 2.75) is 0 Å². The zero-order valence-corrected chi connectivity index (χ0v) is 13.9. The van der Waals surface area contributed by atoms with Crippen molar-refractivity contribution < 1.29 is 13.9 Å². The highest BCUT2D eigenvalue weighted by atomic mass is 16.5. The molecule has 1 amide bonds. The van der Waals surface area contributed by atoms with E-state index in [-0.39, 0.29) is 6.61 Å². The van der Waals surface area contributed by atoms with Crippen molar-refractivity contribution in [1.29, 1.82) is 0 Å². The van der Waals surface area contributed by atoms with Gasteiger partial charge in [0.05, 0.1) is 5.69 Å². The monoisotopic (exact) mass is 344 g/mol. The summed E-state index contributed by atoms with van der Waals surface area (Å²) in [7, 11) is 0. The van der Waals surface area contributed by atoms with Gasteiger partial charge in [0.1, 0.15) is 16.9 Å². The molecule has 0 radical (unpaired) electrons. The third-order valence-electron chi connectivity index (χ3n) is 3.99. The molecule has 26 heavy (non-hydrogen) atoms. The molecule has 0 aliphatic heterocycles. The Kier molecular flexibility index (Phi) is 4.11. The fourth-order valence-electron chi connectivity index (χ4n) is 2.75. The predicted octanol–water partition coefficient (Wildman–Crippen LogP) is 4.20. The summed E-state index contributed by atoms with van der Waals surface area (Å²) in [5, 5.41) is 2.18. The van der Waals surface area contributed by atoms with Crippen molar-refractivity contribution >= 4 is 39.7 Å². The average molecular weight is 344 g/mol. The molecular formula is C21H16N2O3. The molecule has 0 saturated carbocycles. The maximum absolute atomic E-state index is 10.7. The smallest absolute Gasteiger partial charge is 0.255 e. The highest BCUT2D eigenvalue weighted by Gasteiger charge is 2.06. The average Bonchev–Trinajstić information content (AvgIpc) is 3.03. The molecule has 2 N–H and O–H groups in total. The Bertz CT molecular complexity index is 1110. The number of carbonyl (C=O) groups is 1. The topological polar surface area (TPSA) is 77.8 Å². The van der Waals surface area contributed by atoms with Gasteiger partial charge in [-0.1, -0.05) is 18.2 Å². The number of para-hydroxylation sites is 1. The van der Waals surface area contributed by atoms with Crippen LogP contribution in [0.25, 0.3) is 21.9 Å². The largest absolute Gasteiger partial charge is 0.484 e. The van der Waals surface area contributed by atoms with Crippen LogP contribution in [0.3, 0.4) is 0 Å². The van der Waals surface area contributed by atoms with Gasteiger partial charge in [0.15, 0.2) is 6.61 Å². The van der Waals surface area contributed by atoms with Crippen LogP contribution >= 0.6 is 0 Å². The number of nitrogens with zero attached hydrogens (tertiary/aromatic N) is 1. The van der Waals surface area contributed by atoms with Gasteiger partial charge in [-0.05, 0) is 48.0 Å². The van der Waals surface area contributed by atoms with Crippen LogP contribution in [0, 0.1) is 0 Å². The first-order valence-corrected chi connectivity index (χ1v) is 8.15. The lowest BCUT2D eigenvalue weighted by Gasteiger charge is -2.03. The van der Waals surface area contributed by atoms with Crippen LogP contribution in [0.2, 0.25) is 0 Å². The van der Waals surface area contributed by atoms with E-state index >= 15 is 0 Å². The third kappa shape index (κ3) is 3.28. The Labute approximate surface area is 149 Å². The molecule has 3 aromatic carbocycles. The normalized spacial score (nSPS) is 11.4. The standard InChI is InChI=1S/C21H16N2O3/c22-21(24)13-25-16-8-5-14(6-9-16)12-23-15-7-10-18-17-3-1-2-4-19(17)26-20(18)11-15/h1-12H,13H2,(H2,22,24). The van der Waals surface area contributed by atoms with E-state index in [9.17, 15) is 4.79 Å². The lowest BCUT2D eigenvalue weighted by Crippen LogP contribution is -2.19. The number of hydrogen-bond acceptors (Lipinski definition) is 4. The molecule has 0 aliphatic rings. The lowest BCUT2D eigenvalue weighted by molar-refractivity contribution is -0.119. The minimum absolute atomic E-state index is 0.134. The molecule has 0 atom stereocenters. The Morgan fingerprint density at radius 2 is 1.77 bits per heavy atom. The maximum atomic E-state index is 10.7. The number of fused-ring (bicyclic) bond motifs is 3. The number of rotatable bonds is 5. The Morgan fingerprint density at radius 3 is 2.58 bits per heavy atom. The molecule has 1 aromatic heterocycles. The minimum atomic E-state index is -0.503. The second kappa shape index (κ2) is 6.72. The van der Waals surface area contributed by atoms with E-state index in [2.05, 4.69) is 4.99 Å². The van der Waals surface area contributed by atoms with Gasteiger partial charge in [-0.25, -0.2) is 0 Å². The molecule has 5 heteroatoms. The second-order valence-corrected chi connectivity index (χ2v) is 5.86. The number of carbonyl (C=O) groups excluding carboxylic acids is 1. The Morgan fingerprint density at radius 1 is 1.00 bits per heavy atom. The molecule has 0 saturated heterocycles. The quantitative estimate of drug-likeness (QED) is 0.551. The van der Waals surface area contributed by atoms with Gasteiger partial charge in [-0.2, -0.15) is 0 Å². The van der Waals surface area contributed by atoms with Crippen LogP contribution in [0.15, 0.2) is 76.1 Å². The summed E-state index contributed by atoms with van der Waals surface area (Å²) in [6, 6.07) is 21.1. The Hall–Kier alpha value is -3.60. The summed E-state index contributed by atoms with van der Waals surface area (Å²) in [5.41, 5.74) is 8.47. The maximum Gasteiger partial charge on any atom is 0.255 e. The SMILES string of the molecule is NC(=O)COc1ccc(C=Nc2ccc3c(c2)oc2ccccc23)cc1. The van der Waals surface area contributed by atoms with Crippen LogP contribution in [-0.4, -0.2) is 18.7 Å². The first kappa shape index (κ1) is 15.9. The van der Waals surface area contributed by atoms with Crippen LogP contribution in [0.5, 0.6) is 5.75 Å². The summed E-state index contributed by atoms with van der Waals surface area (Å²) in [5.74, 6) is 0.0845. The predicted molar refractivity (Wildman–Crippen MR) is 102 cm³/mol. The first-order chi connectivity index (χ1) is 12.7. The highest BCUT2D eigenvalue weighted by Crippen LogP contribution is 2.31. The van der Waals surface area contributed by atoms with Gasteiger partial charge < -0.3 is 14.9 Å². The van der Waals surface area contributed by atoms with Gasteiger partial charge in [0, 0.05) is 23.1 Å². The van der Waals surface area contributed by atoms with Gasteiger partial charge in [-0.15, -0.1) is 0 Å². The molecule has 0 aliphatic carbocycles. The van der Waals surface area contributed by atoms with Crippen molar-refractivity contribution in [2.75, 3.05) is 6.61 Å². The highest BCUT2D eigenvalue weighted by molar-refractivity contribution is 6.05. The van der Waals surface area contributed by atoms with E-state index in [4.69, 9.17) is 14.9 Å². The van der Waals surface area contributed by atoms with Crippen LogP contribution in [0.1, 0.15) is 5.56 Å². The van der Waals surface area contributed by atoms with Gasteiger partial charge >= 0.3 is 0 Å². The number of amides is 1. The van der Waals surface area contributed by atoms with E-state index in [1.807, 2.05) is 54.6 Å². The number of aliphatic imine (C=N–C) groups is 1. The molecule has 0 unspecified atom stereocenters. The van der Waals surface area contributed by atoms with Crippen molar-refractivity contribution in [1.82, 2.24) is 0 Å². The van der Waals surface area contributed by atoms with Crippen LogP contribution < -0.4 is 10.5 Å². The number of hydrogen-bond donors (Lipinski definition) is 1. The number of furan rings is 1. The molecule has 0 fully saturated rings. The molecule has 5 nitrogen and oxygen atoms in total. The summed E-state index contributed by atoms with van der Waals surface area (Å²) in [6.45, 7) is -0.134. The molecule has 0 spiro atoms. The summed E-state index contributed by atoms with van der Waals surface area (Å²) < 4.78 is 11.1. The zero-order chi connectivity index (χ0) is 17.9. The molecule has 0 bridgehead atoms. The lowest BCUT2D eigenvalue weighted by atomic mass is 10.1. The minimum Gasteiger partial charge on any atom is -0.484 e. The van der Waals surface area contributed by atoms with Gasteiger partial charge in [0.2, 0.25) is 0 Å². The number of nitrogens with two attached hydrogens (primary N) is 1. The zero-order valence-electron chi connectivity index (χ0n) is 13.9. The van der Waals surface area contributed by atoms with Crippen molar-refractivity contribution in [3.05, 3.63) is 72.3 Å². The van der Waals surface area contributed by atoms with E-state index < -0.39 is 5.91 Å². The van der Waals surface area contributed by atoms with Gasteiger partial charge in [0.25, 0.3) is 5.91 Å². The summed E-state index contributed by atoms with van der Waals surface area (Å²) in [6.07, 6.45) is 1.77. The van der Waals surface area contributed by atoms with Crippen LogP contribution in [-0.2, 0) is 4.79 Å². The number of primary amides is 1. The van der Waals surface area contributed by atoms with E-state index in [0.29, 0.717) is 5.75 Å². The Balaban J connectivity index is 1.54.